The summed E-state index contributed by atoms with van der Waals surface area (Å²) >= 11 is 0. The molecule has 0 bridgehead atoms. The molecule has 0 aliphatic carbocycles. The lowest BCUT2D eigenvalue weighted by atomic mass is 10.0. The first kappa shape index (κ1) is 15.7. The molecule has 1 atom stereocenters. The summed E-state index contributed by atoms with van der Waals surface area (Å²) in [6.45, 7) is 3.32. The molecule has 108 valence electrons. The molecule has 0 unspecified atom stereocenters. The lowest BCUT2D eigenvalue weighted by Gasteiger charge is -2.39. The number of carbonyl (C=O) groups is 1. The van der Waals surface area contributed by atoms with Crippen LogP contribution in [0.5, 0.6) is 0 Å². The monoisotopic (exact) mass is 278 g/mol. The number of amides is 1. The maximum absolute atomic E-state index is 12.0. The van der Waals surface area contributed by atoms with Gasteiger partial charge in [-0.1, -0.05) is 0 Å². The summed E-state index contributed by atoms with van der Waals surface area (Å²) in [5.74, 6) is -0.698. The highest BCUT2D eigenvalue weighted by Gasteiger charge is 2.35. The van der Waals surface area contributed by atoms with E-state index in [-0.39, 0.29) is 6.54 Å². The second-order valence-electron chi connectivity index (χ2n) is 4.96. The zero-order valence-corrected chi connectivity index (χ0v) is 10.8. The van der Waals surface area contributed by atoms with Crippen molar-refractivity contribution in [3.63, 3.8) is 0 Å². The molecule has 1 aliphatic rings. The Bertz CT molecular complexity index is 375. The van der Waals surface area contributed by atoms with Crippen LogP contribution < -0.4 is 10.6 Å². The number of nitrogens with one attached hydrogen (secondary N) is 2. The van der Waals surface area contributed by atoms with Gasteiger partial charge in [-0.3, -0.25) is 9.69 Å². The van der Waals surface area contributed by atoms with Crippen LogP contribution in [0.15, 0.2) is 0 Å². The number of nitrogens with zero attached hydrogens (tertiary/aromatic N) is 2. The van der Waals surface area contributed by atoms with Gasteiger partial charge in [0.15, 0.2) is 0 Å². The molecule has 0 spiro atoms. The van der Waals surface area contributed by atoms with E-state index in [0.29, 0.717) is 13.1 Å². The summed E-state index contributed by atoms with van der Waals surface area (Å²) in [6, 6.07) is 1.38. The van der Waals surface area contributed by atoms with Crippen LogP contribution in [-0.4, -0.2) is 54.7 Å². The zero-order chi connectivity index (χ0) is 14.7. The van der Waals surface area contributed by atoms with E-state index in [0.717, 1.165) is 0 Å². The number of alkyl halides is 3. The Kier molecular flexibility index (Phi) is 4.76. The minimum Gasteiger partial charge on any atom is -0.346 e. The number of halogens is 3. The SMILES string of the molecule is CC(C)(C#N)N1CCN[C@H](C(=O)NCC(F)(F)F)C1. The van der Waals surface area contributed by atoms with Gasteiger partial charge in [0.05, 0.1) is 12.1 Å². The van der Waals surface area contributed by atoms with Crippen LogP contribution in [0.2, 0.25) is 0 Å². The van der Waals surface area contributed by atoms with Gasteiger partial charge in [-0.05, 0) is 13.8 Å². The Morgan fingerprint density at radius 2 is 2.16 bits per heavy atom. The standard InChI is InChI=1S/C11H17F3N4O/c1-10(2,6-15)18-4-3-16-8(5-18)9(19)17-7-11(12,13)14/h8,16H,3-5,7H2,1-2H3,(H,17,19)/t8-/m0/s1. The maximum atomic E-state index is 12.0. The molecule has 0 saturated carbocycles. The zero-order valence-electron chi connectivity index (χ0n) is 10.8. The highest BCUT2D eigenvalue weighted by molar-refractivity contribution is 5.82. The fourth-order valence-corrected chi connectivity index (χ4v) is 1.81. The van der Waals surface area contributed by atoms with Crippen molar-refractivity contribution < 1.29 is 18.0 Å². The highest BCUT2D eigenvalue weighted by atomic mass is 19.4. The second kappa shape index (κ2) is 5.75. The number of carbonyl (C=O) groups excluding carboxylic acids is 1. The van der Waals surface area contributed by atoms with E-state index < -0.39 is 30.2 Å². The number of hydrogen-bond acceptors (Lipinski definition) is 4. The molecule has 1 rings (SSSR count). The summed E-state index contributed by atoms with van der Waals surface area (Å²) in [5.41, 5.74) is -0.745. The van der Waals surface area contributed by atoms with Crippen molar-refractivity contribution in [3.05, 3.63) is 0 Å². The van der Waals surface area contributed by atoms with Crippen LogP contribution >= 0.6 is 0 Å². The van der Waals surface area contributed by atoms with Gasteiger partial charge < -0.3 is 10.6 Å². The summed E-state index contributed by atoms with van der Waals surface area (Å²) < 4.78 is 36.0. The minimum atomic E-state index is -4.42. The van der Waals surface area contributed by atoms with Crippen molar-refractivity contribution in [2.75, 3.05) is 26.2 Å². The molecule has 0 aromatic carbocycles. The Hall–Kier alpha value is -1.33. The Balaban J connectivity index is 2.56. The molecule has 1 aliphatic heterocycles. The number of piperazine rings is 1. The molecule has 1 heterocycles. The van der Waals surface area contributed by atoms with E-state index in [2.05, 4.69) is 11.4 Å². The van der Waals surface area contributed by atoms with Gasteiger partial charge >= 0.3 is 6.18 Å². The van der Waals surface area contributed by atoms with Gasteiger partial charge in [-0.2, -0.15) is 18.4 Å². The first-order valence-corrected chi connectivity index (χ1v) is 5.90. The topological polar surface area (TPSA) is 68.2 Å². The van der Waals surface area contributed by atoms with E-state index in [1.807, 2.05) is 5.32 Å². The molecule has 5 nitrogen and oxygen atoms in total. The minimum absolute atomic E-state index is 0.213. The Labute approximate surface area is 109 Å². The van der Waals surface area contributed by atoms with Crippen molar-refractivity contribution in [2.45, 2.75) is 31.6 Å². The molecule has 19 heavy (non-hydrogen) atoms. The smallest absolute Gasteiger partial charge is 0.346 e. The normalized spacial score (nSPS) is 21.8. The Morgan fingerprint density at radius 3 is 2.68 bits per heavy atom. The lowest BCUT2D eigenvalue weighted by Crippen LogP contribution is -2.61. The molecule has 0 aromatic heterocycles. The average molecular weight is 278 g/mol. The average Bonchev–Trinajstić information content (AvgIpc) is 2.35. The molecule has 0 radical (unpaired) electrons. The van der Waals surface area contributed by atoms with Crippen LogP contribution in [0.4, 0.5) is 13.2 Å². The summed E-state index contributed by atoms with van der Waals surface area (Å²) in [6.07, 6.45) is -4.42. The molecule has 1 saturated heterocycles. The van der Waals surface area contributed by atoms with E-state index in [9.17, 15) is 18.0 Å². The molecule has 1 fully saturated rings. The molecule has 8 heteroatoms. The molecular formula is C11H17F3N4O. The number of nitriles is 1. The van der Waals surface area contributed by atoms with Gasteiger partial charge in [-0.25, -0.2) is 0 Å². The predicted molar refractivity (Wildman–Crippen MR) is 62.1 cm³/mol. The van der Waals surface area contributed by atoms with Crippen molar-refractivity contribution in [2.24, 2.45) is 0 Å². The second-order valence-corrected chi connectivity index (χ2v) is 4.96. The van der Waals surface area contributed by atoms with E-state index >= 15 is 0 Å². The predicted octanol–water partition coefficient (Wildman–Crippen LogP) is 0.241. The fraction of sp³-hybridized carbons (Fsp3) is 0.818. The first-order valence-electron chi connectivity index (χ1n) is 5.90. The van der Waals surface area contributed by atoms with Gasteiger partial charge in [0.25, 0.3) is 0 Å². The summed E-state index contributed by atoms with van der Waals surface area (Å²) in [4.78, 5) is 13.4. The third-order valence-corrected chi connectivity index (χ3v) is 3.02. The first-order chi connectivity index (χ1) is 8.65. The third kappa shape index (κ3) is 4.69. The quantitative estimate of drug-likeness (QED) is 0.776. The summed E-state index contributed by atoms with van der Waals surface area (Å²) in [5, 5.41) is 13.7. The van der Waals surface area contributed by atoms with E-state index in [1.54, 1.807) is 18.7 Å². The third-order valence-electron chi connectivity index (χ3n) is 3.02. The Morgan fingerprint density at radius 1 is 1.53 bits per heavy atom. The van der Waals surface area contributed by atoms with Gasteiger partial charge in [0, 0.05) is 19.6 Å². The van der Waals surface area contributed by atoms with Gasteiger partial charge in [-0.15, -0.1) is 0 Å². The summed E-state index contributed by atoms with van der Waals surface area (Å²) in [7, 11) is 0. The van der Waals surface area contributed by atoms with Crippen molar-refractivity contribution >= 4 is 5.91 Å². The van der Waals surface area contributed by atoms with Crippen molar-refractivity contribution in [1.29, 1.82) is 5.26 Å². The van der Waals surface area contributed by atoms with Gasteiger partial charge in [0.1, 0.15) is 12.1 Å². The van der Waals surface area contributed by atoms with E-state index in [1.165, 1.54) is 0 Å². The van der Waals surface area contributed by atoms with Crippen molar-refractivity contribution in [3.8, 4) is 6.07 Å². The fourth-order valence-electron chi connectivity index (χ4n) is 1.81. The van der Waals surface area contributed by atoms with Crippen LogP contribution in [0.25, 0.3) is 0 Å². The molecule has 0 aromatic rings. The largest absolute Gasteiger partial charge is 0.405 e. The molecule has 2 N–H and O–H groups in total. The number of hydrogen-bond donors (Lipinski definition) is 2. The molecular weight excluding hydrogens is 261 g/mol. The lowest BCUT2D eigenvalue weighted by molar-refractivity contribution is -0.140. The van der Waals surface area contributed by atoms with Crippen LogP contribution in [0.3, 0.4) is 0 Å². The van der Waals surface area contributed by atoms with Crippen LogP contribution in [0.1, 0.15) is 13.8 Å². The van der Waals surface area contributed by atoms with Crippen molar-refractivity contribution in [1.82, 2.24) is 15.5 Å². The van der Waals surface area contributed by atoms with Crippen LogP contribution in [-0.2, 0) is 4.79 Å². The number of rotatable bonds is 3. The van der Waals surface area contributed by atoms with Crippen LogP contribution in [0, 0.1) is 11.3 Å². The molecule has 1 amide bonds. The van der Waals surface area contributed by atoms with E-state index in [4.69, 9.17) is 5.26 Å². The maximum Gasteiger partial charge on any atom is 0.405 e. The highest BCUT2D eigenvalue weighted by Crippen LogP contribution is 2.16. The van der Waals surface area contributed by atoms with Gasteiger partial charge in [0.2, 0.25) is 5.91 Å².